The molecule has 138 valence electrons. The minimum absolute atomic E-state index is 0.0367. The topological polar surface area (TPSA) is 66.5 Å². The van der Waals surface area contributed by atoms with E-state index in [-0.39, 0.29) is 23.8 Å². The quantitative estimate of drug-likeness (QED) is 0.789. The molecule has 1 aliphatic carbocycles. The van der Waals surface area contributed by atoms with E-state index >= 15 is 0 Å². The number of amides is 3. The Kier molecular flexibility index (Phi) is 3.44. The fraction of sp³-hybridized carbons (Fsp3) is 0.571. The van der Waals surface area contributed by atoms with E-state index in [4.69, 9.17) is 0 Å². The molecule has 2 bridgehead atoms. The van der Waals surface area contributed by atoms with Crippen molar-refractivity contribution >= 4 is 23.4 Å². The smallest absolute Gasteiger partial charge is 0.233 e. The Hall–Kier alpha value is -2.17. The van der Waals surface area contributed by atoms with Crippen molar-refractivity contribution in [1.29, 1.82) is 0 Å². The monoisotopic (exact) mass is 354 g/mol. The molecule has 4 rings (SSSR count). The zero-order chi connectivity index (χ0) is 18.9. The molecule has 2 heterocycles. The van der Waals surface area contributed by atoms with Gasteiger partial charge in [0.05, 0.1) is 0 Å². The minimum atomic E-state index is -0.735. The van der Waals surface area contributed by atoms with Gasteiger partial charge in [0.2, 0.25) is 17.7 Å². The Morgan fingerprint density at radius 1 is 1.04 bits per heavy atom. The highest BCUT2D eigenvalue weighted by Crippen LogP contribution is 2.57. The number of piperidine rings is 1. The molecule has 1 saturated heterocycles. The maximum atomic E-state index is 13.7. The average Bonchev–Trinajstić information content (AvgIpc) is 2.87. The third-order valence-corrected chi connectivity index (χ3v) is 6.61. The highest BCUT2D eigenvalue weighted by Gasteiger charge is 2.61. The van der Waals surface area contributed by atoms with E-state index in [1.54, 1.807) is 0 Å². The average molecular weight is 354 g/mol. The van der Waals surface area contributed by atoms with E-state index < -0.39 is 16.2 Å². The molecule has 0 radical (unpaired) electrons. The van der Waals surface area contributed by atoms with Gasteiger partial charge in [0.25, 0.3) is 0 Å². The number of nitrogens with one attached hydrogen (secondary N) is 1. The number of rotatable bonds is 1. The second-order valence-electron chi connectivity index (χ2n) is 9.35. The maximum absolute atomic E-state index is 13.7. The lowest BCUT2D eigenvalue weighted by molar-refractivity contribution is -0.163. The van der Waals surface area contributed by atoms with E-state index in [2.05, 4.69) is 18.3 Å². The van der Waals surface area contributed by atoms with Crippen LogP contribution in [0.1, 0.15) is 52.5 Å². The number of fused-ring (bicyclic) bond motifs is 3. The SMILES string of the molecule is CC1Cc2ccccc2N1C(=O)C1(C)CC2(C)CC(C)(C1)C(=O)NC2=O. The Bertz CT molecular complexity index is 804. The summed E-state index contributed by atoms with van der Waals surface area (Å²) in [5.41, 5.74) is 0.0369. The molecule has 1 N–H and O–H groups in total. The molecule has 2 aliphatic heterocycles. The number of para-hydroxylation sites is 1. The van der Waals surface area contributed by atoms with Crippen molar-refractivity contribution in [2.24, 2.45) is 16.2 Å². The van der Waals surface area contributed by atoms with Gasteiger partial charge in [-0.1, -0.05) is 39.0 Å². The molecule has 1 aromatic rings. The number of nitrogens with zero attached hydrogens (tertiary/aromatic N) is 1. The van der Waals surface area contributed by atoms with Gasteiger partial charge in [-0.25, -0.2) is 0 Å². The summed E-state index contributed by atoms with van der Waals surface area (Å²) in [6.07, 6.45) is 2.30. The van der Waals surface area contributed by atoms with Gasteiger partial charge in [-0.05, 0) is 44.2 Å². The van der Waals surface area contributed by atoms with Crippen molar-refractivity contribution in [3.05, 3.63) is 29.8 Å². The van der Waals surface area contributed by atoms with Crippen LogP contribution < -0.4 is 10.2 Å². The van der Waals surface area contributed by atoms with Crippen molar-refractivity contribution in [2.45, 2.75) is 59.4 Å². The van der Waals surface area contributed by atoms with Crippen LogP contribution in [-0.2, 0) is 20.8 Å². The first kappa shape index (κ1) is 17.3. The zero-order valence-corrected chi connectivity index (χ0v) is 15.9. The molecule has 0 spiro atoms. The highest BCUT2D eigenvalue weighted by molar-refractivity contribution is 6.06. The Balaban J connectivity index is 1.74. The number of imide groups is 1. The number of anilines is 1. The molecule has 5 nitrogen and oxygen atoms in total. The summed E-state index contributed by atoms with van der Waals surface area (Å²) in [6.45, 7) is 7.77. The van der Waals surface area contributed by atoms with Gasteiger partial charge in [-0.2, -0.15) is 0 Å². The molecule has 5 heteroatoms. The predicted octanol–water partition coefficient (Wildman–Crippen LogP) is 2.82. The largest absolute Gasteiger partial charge is 0.309 e. The van der Waals surface area contributed by atoms with Crippen LogP contribution in [-0.4, -0.2) is 23.8 Å². The number of carbonyl (C=O) groups excluding carboxylic acids is 3. The van der Waals surface area contributed by atoms with E-state index in [0.29, 0.717) is 19.3 Å². The lowest BCUT2D eigenvalue weighted by Crippen LogP contribution is -2.64. The second kappa shape index (κ2) is 5.18. The molecule has 3 unspecified atom stereocenters. The molecule has 1 saturated carbocycles. The molecule has 2 fully saturated rings. The summed E-state index contributed by atoms with van der Waals surface area (Å²) in [4.78, 5) is 40.6. The Labute approximate surface area is 154 Å². The van der Waals surface area contributed by atoms with E-state index in [9.17, 15) is 14.4 Å². The predicted molar refractivity (Wildman–Crippen MR) is 98.4 cm³/mol. The molecule has 3 atom stereocenters. The lowest BCUT2D eigenvalue weighted by atomic mass is 9.52. The molecular formula is C21H26N2O3. The van der Waals surface area contributed by atoms with E-state index in [1.165, 1.54) is 5.56 Å². The number of carbonyl (C=O) groups is 3. The van der Waals surface area contributed by atoms with Gasteiger partial charge in [0, 0.05) is 28.0 Å². The fourth-order valence-corrected chi connectivity index (χ4v) is 5.81. The first-order chi connectivity index (χ1) is 12.1. The van der Waals surface area contributed by atoms with Gasteiger partial charge in [-0.15, -0.1) is 0 Å². The normalized spacial score (nSPS) is 38.8. The Morgan fingerprint density at radius 3 is 2.23 bits per heavy atom. The van der Waals surface area contributed by atoms with Crippen molar-refractivity contribution < 1.29 is 14.4 Å². The molecule has 0 aromatic heterocycles. The van der Waals surface area contributed by atoms with Crippen molar-refractivity contribution in [2.75, 3.05) is 4.90 Å². The summed E-state index contributed by atoms with van der Waals surface area (Å²) in [5.74, 6) is -0.447. The molecule has 26 heavy (non-hydrogen) atoms. The van der Waals surface area contributed by atoms with Crippen LogP contribution in [0, 0.1) is 16.2 Å². The van der Waals surface area contributed by atoms with Crippen LogP contribution >= 0.6 is 0 Å². The molecule has 3 amide bonds. The van der Waals surface area contributed by atoms with Crippen molar-refractivity contribution in [3.63, 3.8) is 0 Å². The summed E-state index contributed by atoms with van der Waals surface area (Å²) in [6, 6.07) is 8.09. The van der Waals surface area contributed by atoms with E-state index in [0.717, 1.165) is 12.1 Å². The summed E-state index contributed by atoms with van der Waals surface area (Å²) >= 11 is 0. The number of hydrogen-bond acceptors (Lipinski definition) is 3. The van der Waals surface area contributed by atoms with Gasteiger partial charge < -0.3 is 4.90 Å². The van der Waals surface area contributed by atoms with Gasteiger partial charge in [-0.3, -0.25) is 19.7 Å². The third-order valence-electron chi connectivity index (χ3n) is 6.61. The first-order valence-electron chi connectivity index (χ1n) is 9.36. The first-order valence-corrected chi connectivity index (χ1v) is 9.36. The van der Waals surface area contributed by atoms with Crippen LogP contribution in [0.2, 0.25) is 0 Å². The number of benzene rings is 1. The van der Waals surface area contributed by atoms with Crippen LogP contribution in [0.15, 0.2) is 24.3 Å². The second-order valence-corrected chi connectivity index (χ2v) is 9.35. The van der Waals surface area contributed by atoms with Crippen molar-refractivity contribution in [1.82, 2.24) is 5.32 Å². The van der Waals surface area contributed by atoms with Gasteiger partial charge in [0.15, 0.2) is 0 Å². The van der Waals surface area contributed by atoms with Gasteiger partial charge >= 0.3 is 0 Å². The van der Waals surface area contributed by atoms with Crippen LogP contribution in [0.25, 0.3) is 0 Å². The van der Waals surface area contributed by atoms with E-state index in [1.807, 2.05) is 43.9 Å². The molecular weight excluding hydrogens is 328 g/mol. The fourth-order valence-electron chi connectivity index (χ4n) is 5.81. The Morgan fingerprint density at radius 2 is 1.62 bits per heavy atom. The molecule has 1 aromatic carbocycles. The maximum Gasteiger partial charge on any atom is 0.233 e. The van der Waals surface area contributed by atoms with Gasteiger partial charge in [0.1, 0.15) is 0 Å². The summed E-state index contributed by atoms with van der Waals surface area (Å²) in [7, 11) is 0. The standard InChI is InChI=1S/C21H26N2O3/c1-13-9-14-7-5-6-8-15(14)23(13)18(26)21(4)11-19(2)10-20(3,12-21)17(25)22-16(19)24/h5-8,13H,9-12H2,1-4H3,(H,22,24,25). The zero-order valence-electron chi connectivity index (χ0n) is 15.9. The third kappa shape index (κ3) is 2.25. The summed E-state index contributed by atoms with van der Waals surface area (Å²) in [5, 5.41) is 2.53. The highest BCUT2D eigenvalue weighted by atomic mass is 16.2. The van der Waals surface area contributed by atoms with Crippen molar-refractivity contribution in [3.8, 4) is 0 Å². The van der Waals surface area contributed by atoms with Crippen LogP contribution in [0.4, 0.5) is 5.69 Å². The summed E-state index contributed by atoms with van der Waals surface area (Å²) < 4.78 is 0. The molecule has 3 aliphatic rings. The van der Waals surface area contributed by atoms with Crippen LogP contribution in [0.3, 0.4) is 0 Å². The number of hydrogen-bond donors (Lipinski definition) is 1. The minimum Gasteiger partial charge on any atom is -0.309 e. The van der Waals surface area contributed by atoms with Crippen LogP contribution in [0.5, 0.6) is 0 Å². The lowest BCUT2D eigenvalue weighted by Gasteiger charge is -2.54.